The predicted molar refractivity (Wildman–Crippen MR) is 90.8 cm³/mol. The lowest BCUT2D eigenvalue weighted by Gasteiger charge is -2.07. The third kappa shape index (κ3) is 3.40. The van der Waals surface area contributed by atoms with Gasteiger partial charge in [0.15, 0.2) is 9.84 Å². The highest BCUT2D eigenvalue weighted by molar-refractivity contribution is 7.91. The number of H-pyrrole nitrogens is 1. The van der Waals surface area contributed by atoms with Gasteiger partial charge in [-0.25, -0.2) is 13.1 Å². The molecule has 1 aliphatic rings. The molecule has 0 amide bonds. The molecule has 1 aromatic heterocycles. The molecule has 122 valence electrons. The summed E-state index contributed by atoms with van der Waals surface area (Å²) in [7, 11) is -3.05. The molecule has 2 aromatic rings. The minimum Gasteiger partial charge on any atom is -0.299 e. The van der Waals surface area contributed by atoms with Gasteiger partial charge in [0.1, 0.15) is 0 Å². The first-order valence-electron chi connectivity index (χ1n) is 7.17. The molecule has 0 unspecified atom stereocenters. The fraction of sp³-hybridized carbons (Fsp3) is 0.333. The van der Waals surface area contributed by atoms with Crippen LogP contribution >= 0.6 is 11.6 Å². The normalized spacial score (nSPS) is 20.3. The van der Waals surface area contributed by atoms with Crippen LogP contribution < -0.4 is 5.56 Å². The summed E-state index contributed by atoms with van der Waals surface area (Å²) in [6.07, 6.45) is 1.95. The molecule has 0 saturated carbocycles. The Balaban J connectivity index is 1.89. The average molecular weight is 354 g/mol. The van der Waals surface area contributed by atoms with Gasteiger partial charge in [-0.15, -0.1) is 0 Å². The lowest BCUT2D eigenvalue weighted by molar-refractivity contribution is 0.483. The Hall–Kier alpha value is -1.86. The van der Waals surface area contributed by atoms with Crippen LogP contribution in [0, 0.1) is 6.92 Å². The Morgan fingerprint density at radius 1 is 1.35 bits per heavy atom. The maximum absolute atomic E-state index is 12.5. The molecule has 0 radical (unpaired) electrons. The lowest BCUT2D eigenvalue weighted by atomic mass is 10.2. The smallest absolute Gasteiger partial charge is 0.275 e. The summed E-state index contributed by atoms with van der Waals surface area (Å²) >= 11 is 5.82. The standard InChI is InChI=1S/C15H16ClN3O3S/c1-10-14(8-17-12-4-2-11(16)3-5-12)15(20)19(18-10)13-6-7-23(21,22)9-13/h2-5,8,13,18H,6-7,9H2,1H3/t13-/m1/s1. The van der Waals surface area contributed by atoms with Crippen molar-refractivity contribution in [2.75, 3.05) is 11.5 Å². The first-order valence-corrected chi connectivity index (χ1v) is 9.37. The number of sulfone groups is 1. The molecular weight excluding hydrogens is 338 g/mol. The molecule has 1 atom stereocenters. The van der Waals surface area contributed by atoms with Crippen molar-refractivity contribution in [3.63, 3.8) is 0 Å². The zero-order valence-electron chi connectivity index (χ0n) is 12.5. The molecule has 2 heterocycles. The summed E-state index contributed by atoms with van der Waals surface area (Å²) in [6, 6.07) is 6.62. The number of aliphatic imine (C=N–C) groups is 1. The predicted octanol–water partition coefficient (Wildman–Crippen LogP) is 2.25. The van der Waals surface area contributed by atoms with Crippen molar-refractivity contribution >= 4 is 33.3 Å². The summed E-state index contributed by atoms with van der Waals surface area (Å²) in [5, 5.41) is 3.58. The number of rotatable bonds is 3. The van der Waals surface area contributed by atoms with E-state index in [2.05, 4.69) is 10.1 Å². The Morgan fingerprint density at radius 3 is 2.65 bits per heavy atom. The van der Waals surface area contributed by atoms with E-state index >= 15 is 0 Å². The van der Waals surface area contributed by atoms with Gasteiger partial charge >= 0.3 is 0 Å². The Bertz CT molecular complexity index is 910. The molecule has 0 bridgehead atoms. The second-order valence-electron chi connectivity index (χ2n) is 5.62. The van der Waals surface area contributed by atoms with Crippen molar-refractivity contribution in [3.05, 3.63) is 50.9 Å². The number of nitrogens with one attached hydrogen (secondary N) is 1. The Labute approximate surface area is 138 Å². The molecule has 0 spiro atoms. The van der Waals surface area contributed by atoms with E-state index in [1.807, 2.05) is 0 Å². The number of halogens is 1. The van der Waals surface area contributed by atoms with Crippen LogP contribution in [0.15, 0.2) is 34.1 Å². The Kier molecular flexibility index (Phi) is 4.16. The number of aromatic nitrogens is 2. The topological polar surface area (TPSA) is 84.3 Å². The molecule has 6 nitrogen and oxygen atoms in total. The summed E-state index contributed by atoms with van der Waals surface area (Å²) in [5.74, 6) is 0.122. The van der Waals surface area contributed by atoms with Crippen LogP contribution in [-0.2, 0) is 9.84 Å². The maximum atomic E-state index is 12.5. The molecule has 1 aromatic carbocycles. The van der Waals surface area contributed by atoms with Gasteiger partial charge in [-0.3, -0.25) is 14.9 Å². The van der Waals surface area contributed by atoms with Crippen LogP contribution in [0.2, 0.25) is 5.02 Å². The van der Waals surface area contributed by atoms with Crippen LogP contribution in [0.25, 0.3) is 0 Å². The number of hydrogen-bond acceptors (Lipinski definition) is 4. The van der Waals surface area contributed by atoms with Crippen molar-refractivity contribution in [2.45, 2.75) is 19.4 Å². The molecule has 1 saturated heterocycles. The molecule has 1 N–H and O–H groups in total. The SMILES string of the molecule is Cc1[nH]n([C@@H]2CCS(=O)(=O)C2)c(=O)c1C=Nc1ccc(Cl)cc1. The van der Waals surface area contributed by atoms with E-state index in [-0.39, 0.29) is 23.1 Å². The molecule has 8 heteroatoms. The highest BCUT2D eigenvalue weighted by atomic mass is 35.5. The van der Waals surface area contributed by atoms with Crippen LogP contribution in [0.3, 0.4) is 0 Å². The van der Waals surface area contributed by atoms with Gasteiger partial charge in [-0.1, -0.05) is 11.6 Å². The highest BCUT2D eigenvalue weighted by Crippen LogP contribution is 2.22. The molecule has 1 fully saturated rings. The second kappa shape index (κ2) is 5.98. The fourth-order valence-electron chi connectivity index (χ4n) is 2.64. The summed E-state index contributed by atoms with van der Waals surface area (Å²) in [4.78, 5) is 16.8. The monoisotopic (exact) mass is 353 g/mol. The summed E-state index contributed by atoms with van der Waals surface area (Å²) in [5.41, 5.74) is 1.54. The largest absolute Gasteiger partial charge is 0.299 e. The quantitative estimate of drug-likeness (QED) is 0.859. The van der Waals surface area contributed by atoms with Crippen LogP contribution in [0.1, 0.15) is 23.7 Å². The van der Waals surface area contributed by atoms with Crippen LogP contribution in [0.5, 0.6) is 0 Å². The van der Waals surface area contributed by atoms with Gasteiger partial charge in [0.25, 0.3) is 5.56 Å². The first kappa shape index (κ1) is 16.0. The van der Waals surface area contributed by atoms with E-state index < -0.39 is 9.84 Å². The van der Waals surface area contributed by atoms with Gasteiger partial charge in [-0.2, -0.15) is 0 Å². The van der Waals surface area contributed by atoms with Gasteiger partial charge in [0.2, 0.25) is 0 Å². The maximum Gasteiger partial charge on any atom is 0.275 e. The van der Waals surface area contributed by atoms with Crippen molar-refractivity contribution in [1.29, 1.82) is 0 Å². The molecule has 23 heavy (non-hydrogen) atoms. The molecule has 0 aliphatic carbocycles. The molecule has 1 aliphatic heterocycles. The summed E-state index contributed by atoms with van der Waals surface area (Å²) in [6.45, 7) is 1.77. The average Bonchev–Trinajstić information content (AvgIpc) is 2.99. The third-order valence-corrected chi connectivity index (χ3v) is 5.89. The van der Waals surface area contributed by atoms with E-state index in [1.54, 1.807) is 31.2 Å². The highest BCUT2D eigenvalue weighted by Gasteiger charge is 2.31. The zero-order valence-corrected chi connectivity index (χ0v) is 14.1. The minimum absolute atomic E-state index is 0.000622. The fourth-order valence-corrected chi connectivity index (χ4v) is 4.46. The first-order chi connectivity index (χ1) is 10.9. The lowest BCUT2D eigenvalue weighted by Crippen LogP contribution is -2.25. The van der Waals surface area contributed by atoms with E-state index in [0.717, 1.165) is 0 Å². The van der Waals surface area contributed by atoms with E-state index in [1.165, 1.54) is 10.9 Å². The van der Waals surface area contributed by atoms with Gasteiger partial charge in [-0.05, 0) is 37.6 Å². The van der Waals surface area contributed by atoms with Crippen LogP contribution in [-0.4, -0.2) is 35.9 Å². The van der Waals surface area contributed by atoms with Crippen molar-refractivity contribution in [1.82, 2.24) is 9.78 Å². The van der Waals surface area contributed by atoms with Crippen LogP contribution in [0.4, 0.5) is 5.69 Å². The van der Waals surface area contributed by atoms with Gasteiger partial charge in [0.05, 0.1) is 28.8 Å². The van der Waals surface area contributed by atoms with Crippen molar-refractivity contribution in [3.8, 4) is 0 Å². The number of hydrogen-bond donors (Lipinski definition) is 1. The molecular formula is C15H16ClN3O3S. The minimum atomic E-state index is -3.05. The van der Waals surface area contributed by atoms with Gasteiger partial charge in [0, 0.05) is 16.9 Å². The van der Waals surface area contributed by atoms with E-state index in [9.17, 15) is 13.2 Å². The zero-order chi connectivity index (χ0) is 16.6. The van der Waals surface area contributed by atoms with Gasteiger partial charge < -0.3 is 0 Å². The Morgan fingerprint density at radius 2 is 2.04 bits per heavy atom. The number of benzene rings is 1. The van der Waals surface area contributed by atoms with Crippen molar-refractivity contribution < 1.29 is 8.42 Å². The number of aryl methyl sites for hydroxylation is 1. The molecule has 3 rings (SSSR count). The summed E-state index contributed by atoms with van der Waals surface area (Å²) < 4.78 is 24.6. The third-order valence-electron chi connectivity index (χ3n) is 3.88. The van der Waals surface area contributed by atoms with Crippen molar-refractivity contribution in [2.24, 2.45) is 4.99 Å². The second-order valence-corrected chi connectivity index (χ2v) is 8.28. The number of aromatic amines is 1. The number of nitrogens with zero attached hydrogens (tertiary/aromatic N) is 2. The van der Waals surface area contributed by atoms with E-state index in [4.69, 9.17) is 11.6 Å². The van der Waals surface area contributed by atoms with E-state index in [0.29, 0.717) is 28.4 Å².